The van der Waals surface area contributed by atoms with Crippen LogP contribution >= 0.6 is 0 Å². The standard InChI is InChI=1S/C44H44O6S2/c1-7-43(4,5)34-13-23-40(24-14-34)52(47,48)42-27-19-36(20-28-42)49-37-17-11-33-30-38(18-12-32(33)29-37)50-44(6,8-2)35-15-25-41(26-16-35)51(45,46)39-21-9-31(3)10-22-39/h9-30H,7-8H2,1-6H3. The van der Waals surface area contributed by atoms with Crippen LogP contribution in [0.15, 0.2) is 153 Å². The van der Waals surface area contributed by atoms with Crippen molar-refractivity contribution in [2.45, 2.75) is 85.0 Å². The highest BCUT2D eigenvalue weighted by Crippen LogP contribution is 2.36. The highest BCUT2D eigenvalue weighted by Gasteiger charge is 2.28. The normalized spacial score (nSPS) is 13.4. The first kappa shape index (κ1) is 36.9. The van der Waals surface area contributed by atoms with Gasteiger partial charge in [-0.2, -0.15) is 0 Å². The molecule has 8 heteroatoms. The van der Waals surface area contributed by atoms with Crippen molar-refractivity contribution in [3.05, 3.63) is 150 Å². The third-order valence-electron chi connectivity index (χ3n) is 10.1. The minimum atomic E-state index is -3.67. The first-order valence-corrected chi connectivity index (χ1v) is 20.4. The number of aryl methyl sites for hydroxylation is 1. The Bertz CT molecular complexity index is 2420. The van der Waals surface area contributed by atoms with Crippen LogP contribution in [0.5, 0.6) is 17.2 Å². The van der Waals surface area contributed by atoms with Gasteiger partial charge in [-0.1, -0.05) is 81.8 Å². The Balaban J connectivity index is 1.14. The van der Waals surface area contributed by atoms with Crippen molar-refractivity contribution in [1.82, 2.24) is 0 Å². The molecule has 268 valence electrons. The average Bonchev–Trinajstić information content (AvgIpc) is 3.15. The number of hydrogen-bond donors (Lipinski definition) is 0. The maximum absolute atomic E-state index is 13.3. The van der Waals surface area contributed by atoms with Crippen LogP contribution in [0.3, 0.4) is 0 Å². The summed E-state index contributed by atoms with van der Waals surface area (Å²) in [4.78, 5) is 0.967. The lowest BCUT2D eigenvalue weighted by molar-refractivity contribution is 0.0827. The first-order chi connectivity index (χ1) is 24.6. The van der Waals surface area contributed by atoms with Crippen LogP contribution in [-0.2, 0) is 30.7 Å². The van der Waals surface area contributed by atoms with E-state index in [-0.39, 0.29) is 25.0 Å². The van der Waals surface area contributed by atoms with Gasteiger partial charge in [-0.15, -0.1) is 0 Å². The zero-order valence-corrected chi connectivity index (χ0v) is 32.0. The van der Waals surface area contributed by atoms with Crippen LogP contribution in [0.4, 0.5) is 0 Å². The molecule has 0 heterocycles. The Labute approximate surface area is 307 Å². The van der Waals surface area contributed by atoms with E-state index in [1.54, 1.807) is 72.8 Å². The van der Waals surface area contributed by atoms with Crippen molar-refractivity contribution in [3.63, 3.8) is 0 Å². The van der Waals surface area contributed by atoms with Crippen molar-refractivity contribution in [2.75, 3.05) is 0 Å². The minimum Gasteiger partial charge on any atom is -0.483 e. The summed E-state index contributed by atoms with van der Waals surface area (Å²) in [5.74, 6) is 1.82. The molecular formula is C44H44O6S2. The number of benzene rings is 6. The Morgan fingerprint density at radius 1 is 0.481 bits per heavy atom. The molecule has 0 fully saturated rings. The largest absolute Gasteiger partial charge is 0.483 e. The second-order valence-electron chi connectivity index (χ2n) is 14.0. The van der Waals surface area contributed by atoms with Crippen molar-refractivity contribution in [3.8, 4) is 17.2 Å². The van der Waals surface area contributed by atoms with E-state index < -0.39 is 25.3 Å². The molecule has 6 aromatic rings. The van der Waals surface area contributed by atoms with Gasteiger partial charge >= 0.3 is 0 Å². The topological polar surface area (TPSA) is 86.7 Å². The average molecular weight is 733 g/mol. The summed E-state index contributed by atoms with van der Waals surface area (Å²) in [5.41, 5.74) is 2.25. The van der Waals surface area contributed by atoms with Crippen molar-refractivity contribution in [2.24, 2.45) is 0 Å². The molecule has 1 atom stereocenters. The smallest absolute Gasteiger partial charge is 0.206 e. The van der Waals surface area contributed by atoms with E-state index in [1.807, 2.05) is 81.4 Å². The van der Waals surface area contributed by atoms with Crippen LogP contribution in [0.2, 0.25) is 0 Å². The lowest BCUT2D eigenvalue weighted by atomic mass is 9.82. The Hall–Kier alpha value is -4.92. The molecule has 6 aromatic carbocycles. The predicted octanol–water partition coefficient (Wildman–Crippen LogP) is 11.0. The SMILES string of the molecule is CCC(C)(C)c1ccc(S(=O)(=O)c2ccc(Oc3ccc4cc(OC(C)(CC)c5ccc(S(=O)(=O)c6ccc(C)cc6)cc5)ccc4c3)cc2)cc1. The molecule has 1 unspecified atom stereocenters. The molecule has 0 aliphatic carbocycles. The maximum atomic E-state index is 13.3. The Kier molecular flexibility index (Phi) is 10.1. The fraction of sp³-hybridized carbons (Fsp3) is 0.227. The van der Waals surface area contributed by atoms with Gasteiger partial charge in [0.15, 0.2) is 0 Å². The molecule has 0 N–H and O–H groups in total. The summed E-state index contributed by atoms with van der Waals surface area (Å²) in [7, 11) is -7.31. The van der Waals surface area contributed by atoms with Gasteiger partial charge in [0.1, 0.15) is 22.8 Å². The monoisotopic (exact) mass is 732 g/mol. The first-order valence-electron chi connectivity index (χ1n) is 17.4. The number of fused-ring (bicyclic) bond motifs is 1. The molecular weight excluding hydrogens is 689 g/mol. The molecule has 0 aromatic heterocycles. The summed E-state index contributed by atoms with van der Waals surface area (Å²) in [6.07, 6.45) is 1.61. The summed E-state index contributed by atoms with van der Waals surface area (Å²) in [6.45, 7) is 12.4. The van der Waals surface area contributed by atoms with E-state index in [0.29, 0.717) is 23.7 Å². The number of hydrogen-bond acceptors (Lipinski definition) is 6. The van der Waals surface area contributed by atoms with Crippen molar-refractivity contribution >= 4 is 30.4 Å². The lowest BCUT2D eigenvalue weighted by Gasteiger charge is -2.30. The van der Waals surface area contributed by atoms with E-state index in [4.69, 9.17) is 9.47 Å². The molecule has 0 amide bonds. The third-order valence-corrected chi connectivity index (χ3v) is 13.7. The van der Waals surface area contributed by atoms with E-state index in [9.17, 15) is 16.8 Å². The molecule has 6 rings (SSSR count). The zero-order valence-electron chi connectivity index (χ0n) is 30.4. The second kappa shape index (κ2) is 14.2. The lowest BCUT2D eigenvalue weighted by Crippen LogP contribution is -2.28. The van der Waals surface area contributed by atoms with Gasteiger partial charge in [0, 0.05) is 0 Å². The minimum absolute atomic E-state index is 0.0246. The summed E-state index contributed by atoms with van der Waals surface area (Å²) < 4.78 is 65.7. The fourth-order valence-electron chi connectivity index (χ4n) is 6.01. The summed E-state index contributed by atoms with van der Waals surface area (Å²) in [5, 5.41) is 1.90. The van der Waals surface area contributed by atoms with Crippen LogP contribution in [0, 0.1) is 6.92 Å². The molecule has 6 nitrogen and oxygen atoms in total. The van der Waals surface area contributed by atoms with Gasteiger partial charge in [-0.25, -0.2) is 16.8 Å². The summed E-state index contributed by atoms with van der Waals surface area (Å²) in [6, 6.07) is 39.0. The second-order valence-corrected chi connectivity index (χ2v) is 17.9. The number of rotatable bonds is 12. The number of sulfone groups is 2. The molecule has 52 heavy (non-hydrogen) atoms. The zero-order chi connectivity index (χ0) is 37.3. The van der Waals surface area contributed by atoms with Crippen molar-refractivity contribution < 1.29 is 26.3 Å². The van der Waals surface area contributed by atoms with Gasteiger partial charge in [0.25, 0.3) is 0 Å². The molecule has 0 aliphatic heterocycles. The Morgan fingerprint density at radius 3 is 1.37 bits per heavy atom. The van der Waals surface area contributed by atoms with Gasteiger partial charge in [0.2, 0.25) is 19.7 Å². The van der Waals surface area contributed by atoms with E-state index in [0.717, 1.165) is 33.9 Å². The summed E-state index contributed by atoms with van der Waals surface area (Å²) >= 11 is 0. The van der Waals surface area contributed by atoms with Crippen LogP contribution < -0.4 is 9.47 Å². The van der Waals surface area contributed by atoms with E-state index >= 15 is 0 Å². The maximum Gasteiger partial charge on any atom is 0.206 e. The number of ether oxygens (including phenoxy) is 2. The molecule has 0 spiro atoms. The molecule has 0 aliphatic rings. The highest BCUT2D eigenvalue weighted by atomic mass is 32.2. The fourth-order valence-corrected chi connectivity index (χ4v) is 8.53. The van der Waals surface area contributed by atoms with E-state index in [2.05, 4.69) is 20.8 Å². The van der Waals surface area contributed by atoms with Gasteiger partial charge < -0.3 is 9.47 Å². The van der Waals surface area contributed by atoms with E-state index in [1.165, 1.54) is 0 Å². The predicted molar refractivity (Wildman–Crippen MR) is 207 cm³/mol. The molecule has 0 saturated carbocycles. The van der Waals surface area contributed by atoms with Gasteiger partial charge in [-0.3, -0.25) is 0 Å². The van der Waals surface area contributed by atoms with Gasteiger partial charge in [0.05, 0.1) is 19.6 Å². The van der Waals surface area contributed by atoms with Crippen LogP contribution in [0.1, 0.15) is 64.2 Å². The third kappa shape index (κ3) is 7.50. The van der Waals surface area contributed by atoms with Gasteiger partial charge in [-0.05, 0) is 139 Å². The Morgan fingerprint density at radius 2 is 0.885 bits per heavy atom. The van der Waals surface area contributed by atoms with Crippen LogP contribution in [-0.4, -0.2) is 16.8 Å². The quantitative estimate of drug-likeness (QED) is 0.124. The van der Waals surface area contributed by atoms with Crippen molar-refractivity contribution in [1.29, 1.82) is 0 Å². The molecule has 0 bridgehead atoms. The molecule has 0 saturated heterocycles. The highest BCUT2D eigenvalue weighted by molar-refractivity contribution is 7.91. The van der Waals surface area contributed by atoms with Crippen LogP contribution in [0.25, 0.3) is 10.8 Å². The molecule has 0 radical (unpaired) electrons.